The van der Waals surface area contributed by atoms with Crippen LogP contribution in [-0.4, -0.2) is 34.6 Å². The van der Waals surface area contributed by atoms with Crippen LogP contribution in [0.1, 0.15) is 18.4 Å². The molecule has 23 heavy (non-hydrogen) atoms. The highest BCUT2D eigenvalue weighted by atomic mass is 79.9. The summed E-state index contributed by atoms with van der Waals surface area (Å²) in [5, 5.41) is 8.10. The molecule has 120 valence electrons. The van der Waals surface area contributed by atoms with Crippen LogP contribution in [0, 0.1) is 0 Å². The molecule has 0 N–H and O–H groups in total. The van der Waals surface area contributed by atoms with Gasteiger partial charge in [-0.15, -0.1) is 0 Å². The first-order valence-corrected chi connectivity index (χ1v) is 8.18. The molecule has 1 aromatic carbocycles. The van der Waals surface area contributed by atoms with Crippen LogP contribution in [0.15, 0.2) is 46.3 Å². The number of amides is 1. The van der Waals surface area contributed by atoms with Crippen molar-refractivity contribution in [3.63, 3.8) is 0 Å². The minimum Gasteiger partial charge on any atom is -0.382 e. The zero-order valence-corrected chi connectivity index (χ0v) is 14.3. The predicted octanol–water partition coefficient (Wildman–Crippen LogP) is 2.73. The van der Waals surface area contributed by atoms with Crippen LogP contribution >= 0.6 is 15.9 Å². The van der Waals surface area contributed by atoms with Crippen molar-refractivity contribution in [1.29, 1.82) is 0 Å². The highest BCUT2D eigenvalue weighted by molar-refractivity contribution is 9.10. The van der Waals surface area contributed by atoms with Crippen molar-refractivity contribution in [3.8, 4) is 0 Å². The molecule has 7 heteroatoms. The molecule has 2 heterocycles. The summed E-state index contributed by atoms with van der Waals surface area (Å²) in [6.07, 6.45) is 6.11. The maximum Gasteiger partial charge on any atom is 0.270 e. The van der Waals surface area contributed by atoms with E-state index in [1.165, 1.54) is 0 Å². The molecule has 2 aromatic rings. The maximum atomic E-state index is 12.5. The fourth-order valence-corrected chi connectivity index (χ4v) is 2.87. The number of hydrogen-bond donors (Lipinski definition) is 0. The van der Waals surface area contributed by atoms with Crippen LogP contribution in [0.3, 0.4) is 0 Å². The van der Waals surface area contributed by atoms with E-state index >= 15 is 0 Å². The lowest BCUT2D eigenvalue weighted by molar-refractivity contribution is -0.132. The van der Waals surface area contributed by atoms with Crippen LogP contribution in [-0.2, 0) is 16.7 Å². The molecule has 0 bridgehead atoms. The van der Waals surface area contributed by atoms with Gasteiger partial charge in [0.2, 0.25) is 6.10 Å². The first kappa shape index (κ1) is 15.7. The van der Waals surface area contributed by atoms with Gasteiger partial charge < -0.3 is 9.74 Å². The molecule has 1 aliphatic heterocycles. The average molecular weight is 377 g/mol. The smallest absolute Gasteiger partial charge is 0.270 e. The van der Waals surface area contributed by atoms with E-state index < -0.39 is 6.10 Å². The van der Waals surface area contributed by atoms with Gasteiger partial charge in [-0.3, -0.25) is 9.48 Å². The van der Waals surface area contributed by atoms with Crippen LogP contribution < -0.4 is 4.90 Å². The minimum atomic E-state index is -0.553. The molecule has 1 aromatic heterocycles. The highest BCUT2D eigenvalue weighted by Gasteiger charge is 2.32. The number of rotatable bonds is 4. The van der Waals surface area contributed by atoms with Crippen LogP contribution in [0.5, 0.6) is 0 Å². The van der Waals surface area contributed by atoms with Gasteiger partial charge >= 0.3 is 0 Å². The van der Waals surface area contributed by atoms with Crippen LogP contribution in [0.2, 0.25) is 0 Å². The molecular weight excluding hydrogens is 360 g/mol. The Labute approximate surface area is 142 Å². The number of aryl methyl sites for hydroxylation is 1. The summed E-state index contributed by atoms with van der Waals surface area (Å²) in [4.78, 5) is 19.7. The normalized spacial score (nSPS) is 18.6. The Morgan fingerprint density at radius 2 is 2.26 bits per heavy atom. The third-order valence-electron chi connectivity index (χ3n) is 3.68. The van der Waals surface area contributed by atoms with Crippen LogP contribution in [0.25, 0.3) is 0 Å². The van der Waals surface area contributed by atoms with Crippen molar-refractivity contribution in [2.45, 2.75) is 18.9 Å². The topological polar surface area (TPSA) is 59.7 Å². The van der Waals surface area contributed by atoms with Gasteiger partial charge in [-0.25, -0.2) is 0 Å². The van der Waals surface area contributed by atoms with Crippen LogP contribution in [0.4, 0.5) is 5.69 Å². The molecular formula is C16H17BrN4O2. The first-order valence-electron chi connectivity index (χ1n) is 7.39. The second-order valence-corrected chi connectivity index (χ2v) is 6.21. The monoisotopic (exact) mass is 376 g/mol. The summed E-state index contributed by atoms with van der Waals surface area (Å²) in [6.45, 7) is 0.679. The number of benzene rings is 1. The second-order valence-electron chi connectivity index (χ2n) is 5.35. The van der Waals surface area contributed by atoms with Gasteiger partial charge in [0.05, 0.1) is 18.1 Å². The summed E-state index contributed by atoms with van der Waals surface area (Å²) in [6, 6.07) is 7.69. The summed E-state index contributed by atoms with van der Waals surface area (Å²) in [7, 11) is 1.83. The lowest BCUT2D eigenvalue weighted by Gasteiger charge is -2.29. The SMILES string of the molecule is Cn1cc(N2CCCC(O/N=C/c3ccccc3Br)C2=O)cn1. The van der Waals surface area contributed by atoms with E-state index in [2.05, 4.69) is 26.2 Å². The molecule has 1 aliphatic rings. The Kier molecular flexibility index (Phi) is 4.76. The number of nitrogens with zero attached hydrogens (tertiary/aromatic N) is 4. The Morgan fingerprint density at radius 1 is 1.43 bits per heavy atom. The van der Waals surface area contributed by atoms with E-state index in [1.54, 1.807) is 22.0 Å². The Bertz CT molecular complexity index is 728. The number of hydrogen-bond acceptors (Lipinski definition) is 4. The van der Waals surface area contributed by atoms with Crippen molar-refractivity contribution in [3.05, 3.63) is 46.7 Å². The number of piperidine rings is 1. The largest absolute Gasteiger partial charge is 0.382 e. The molecule has 1 fully saturated rings. The minimum absolute atomic E-state index is 0.0754. The molecule has 3 rings (SSSR count). The highest BCUT2D eigenvalue weighted by Crippen LogP contribution is 2.22. The number of aromatic nitrogens is 2. The van der Waals surface area contributed by atoms with E-state index in [4.69, 9.17) is 4.84 Å². The molecule has 6 nitrogen and oxygen atoms in total. The Morgan fingerprint density at radius 3 is 3.00 bits per heavy atom. The number of halogens is 1. The number of carbonyl (C=O) groups excluding carboxylic acids is 1. The molecule has 1 atom stereocenters. The number of oxime groups is 1. The maximum absolute atomic E-state index is 12.5. The van der Waals surface area contributed by atoms with Gasteiger partial charge in [0.15, 0.2) is 0 Å². The lowest BCUT2D eigenvalue weighted by atomic mass is 10.1. The van der Waals surface area contributed by atoms with Crippen molar-refractivity contribution in [2.75, 3.05) is 11.4 Å². The van der Waals surface area contributed by atoms with E-state index in [0.717, 1.165) is 22.1 Å². The second kappa shape index (κ2) is 6.95. The average Bonchev–Trinajstić information content (AvgIpc) is 2.97. The molecule has 1 amide bonds. The molecule has 0 aliphatic carbocycles. The summed E-state index contributed by atoms with van der Waals surface area (Å²) >= 11 is 3.45. The zero-order chi connectivity index (χ0) is 16.2. The first-order chi connectivity index (χ1) is 11.1. The lowest BCUT2D eigenvalue weighted by Crippen LogP contribution is -2.44. The molecule has 1 unspecified atom stereocenters. The number of anilines is 1. The summed E-state index contributed by atoms with van der Waals surface area (Å²) in [5.41, 5.74) is 1.69. The predicted molar refractivity (Wildman–Crippen MR) is 91.4 cm³/mol. The van der Waals surface area contributed by atoms with E-state index in [1.807, 2.05) is 37.5 Å². The third kappa shape index (κ3) is 3.61. The van der Waals surface area contributed by atoms with Gasteiger partial charge in [-0.2, -0.15) is 5.10 Å². The van der Waals surface area contributed by atoms with Crippen molar-refractivity contribution >= 4 is 33.7 Å². The number of carbonyl (C=O) groups is 1. The Hall–Kier alpha value is -2.15. The van der Waals surface area contributed by atoms with Gasteiger partial charge in [0, 0.05) is 29.8 Å². The fraction of sp³-hybridized carbons (Fsp3) is 0.312. The van der Waals surface area contributed by atoms with Crippen molar-refractivity contribution in [1.82, 2.24) is 9.78 Å². The van der Waals surface area contributed by atoms with E-state index in [9.17, 15) is 4.79 Å². The molecule has 1 saturated heterocycles. The quantitative estimate of drug-likeness (QED) is 0.608. The zero-order valence-electron chi connectivity index (χ0n) is 12.7. The standard InChI is InChI=1S/C16H17BrN4O2/c1-20-11-13(10-18-20)21-8-4-7-15(16(21)22)23-19-9-12-5-2-3-6-14(12)17/h2-3,5-6,9-11,15H,4,7-8H2,1H3/b19-9+. The molecule has 0 radical (unpaired) electrons. The molecule has 0 spiro atoms. The van der Waals surface area contributed by atoms with Gasteiger partial charge in [0.25, 0.3) is 5.91 Å². The van der Waals surface area contributed by atoms with E-state index in [-0.39, 0.29) is 5.91 Å². The third-order valence-corrected chi connectivity index (χ3v) is 4.40. The van der Waals surface area contributed by atoms with Gasteiger partial charge in [-0.1, -0.05) is 39.3 Å². The fourth-order valence-electron chi connectivity index (χ4n) is 2.48. The van der Waals surface area contributed by atoms with Crippen molar-refractivity contribution in [2.24, 2.45) is 12.2 Å². The van der Waals surface area contributed by atoms with Crippen molar-refractivity contribution < 1.29 is 9.63 Å². The summed E-state index contributed by atoms with van der Waals surface area (Å²) < 4.78 is 2.61. The van der Waals surface area contributed by atoms with E-state index in [0.29, 0.717) is 13.0 Å². The summed E-state index contributed by atoms with van der Waals surface area (Å²) in [5.74, 6) is -0.0754. The molecule has 0 saturated carbocycles. The van der Waals surface area contributed by atoms with Gasteiger partial charge in [-0.05, 0) is 18.9 Å². The Balaban J connectivity index is 1.66. The van der Waals surface area contributed by atoms with Gasteiger partial charge in [0.1, 0.15) is 0 Å².